The number of amides is 1. The summed E-state index contributed by atoms with van der Waals surface area (Å²) in [5.41, 5.74) is 5.48. The Morgan fingerprint density at radius 2 is 1.79 bits per heavy atom. The molecule has 1 amide bonds. The molecule has 42 heavy (non-hydrogen) atoms. The number of halogens is 1. The van der Waals surface area contributed by atoms with Gasteiger partial charge < -0.3 is 15.4 Å². The predicted octanol–water partition coefficient (Wildman–Crippen LogP) is 6.12. The van der Waals surface area contributed by atoms with Crippen LogP contribution in [0.15, 0.2) is 79.1 Å². The third-order valence-electron chi connectivity index (χ3n) is 6.52. The minimum absolute atomic E-state index is 0.101. The maximum Gasteiger partial charge on any atom is 0.256 e. The highest BCUT2D eigenvalue weighted by Crippen LogP contribution is 2.33. The Balaban J connectivity index is 1.36. The van der Waals surface area contributed by atoms with E-state index in [-0.39, 0.29) is 24.5 Å². The van der Waals surface area contributed by atoms with Gasteiger partial charge in [0.05, 0.1) is 30.9 Å². The number of benzene rings is 3. The molecule has 10 heteroatoms. The zero-order valence-electron chi connectivity index (χ0n) is 23.4. The van der Waals surface area contributed by atoms with Gasteiger partial charge in [-0.2, -0.15) is 5.26 Å². The van der Waals surface area contributed by atoms with E-state index in [0.29, 0.717) is 34.1 Å². The van der Waals surface area contributed by atoms with Crippen LogP contribution < -0.4 is 15.4 Å². The van der Waals surface area contributed by atoms with E-state index in [1.807, 2.05) is 32.9 Å². The monoisotopic (exact) mass is 561 g/mol. The Labute approximate surface area is 242 Å². The molecule has 2 heterocycles. The van der Waals surface area contributed by atoms with Crippen LogP contribution in [0.2, 0.25) is 0 Å². The minimum atomic E-state index is -0.409. The summed E-state index contributed by atoms with van der Waals surface area (Å²) in [4.78, 5) is 17.8. The van der Waals surface area contributed by atoms with Gasteiger partial charge >= 0.3 is 0 Å². The molecule has 5 aromatic rings. The molecule has 210 valence electrons. The average molecular weight is 562 g/mol. The number of nitriles is 1. The van der Waals surface area contributed by atoms with Crippen molar-refractivity contribution in [1.82, 2.24) is 25.3 Å². The van der Waals surface area contributed by atoms with Gasteiger partial charge in [0, 0.05) is 23.5 Å². The van der Waals surface area contributed by atoms with Gasteiger partial charge in [-0.25, -0.2) is 14.1 Å². The van der Waals surface area contributed by atoms with E-state index in [1.54, 1.807) is 54.7 Å². The van der Waals surface area contributed by atoms with Crippen LogP contribution in [0.4, 0.5) is 15.9 Å². The number of anilines is 2. The maximum atomic E-state index is 14.0. The third kappa shape index (κ3) is 6.59. The average Bonchev–Trinajstić information content (AvgIpc) is 3.42. The number of ether oxygens (including phenoxy) is 1. The first kappa shape index (κ1) is 28.0. The highest BCUT2D eigenvalue weighted by atomic mass is 19.1. The molecule has 9 nitrogen and oxygen atoms in total. The molecule has 0 spiro atoms. The molecule has 0 bridgehead atoms. The van der Waals surface area contributed by atoms with Crippen molar-refractivity contribution in [1.29, 1.82) is 5.26 Å². The molecule has 2 N–H and O–H groups in total. The second-order valence-corrected chi connectivity index (χ2v) is 9.89. The second kappa shape index (κ2) is 12.3. The summed E-state index contributed by atoms with van der Waals surface area (Å²) in [5, 5.41) is 23.3. The van der Waals surface area contributed by atoms with E-state index in [2.05, 4.69) is 32.0 Å². The van der Waals surface area contributed by atoms with Crippen LogP contribution >= 0.6 is 0 Å². The van der Waals surface area contributed by atoms with Gasteiger partial charge in [0.25, 0.3) is 5.91 Å². The number of aromatic nitrogens is 4. The lowest BCUT2D eigenvalue weighted by Crippen LogP contribution is -2.24. The van der Waals surface area contributed by atoms with Crippen LogP contribution in [0.3, 0.4) is 0 Å². The predicted molar refractivity (Wildman–Crippen MR) is 156 cm³/mol. The molecule has 0 fully saturated rings. The van der Waals surface area contributed by atoms with Crippen molar-refractivity contribution in [2.75, 3.05) is 5.32 Å². The lowest BCUT2D eigenvalue weighted by Gasteiger charge is -2.16. The number of pyridine rings is 1. The van der Waals surface area contributed by atoms with Crippen LogP contribution in [0, 0.1) is 37.9 Å². The topological polar surface area (TPSA) is 118 Å². The lowest BCUT2D eigenvalue weighted by atomic mass is 10.1. The number of nitrogens with one attached hydrogen (secondary N) is 2. The van der Waals surface area contributed by atoms with Crippen molar-refractivity contribution in [3.05, 3.63) is 124 Å². The summed E-state index contributed by atoms with van der Waals surface area (Å²) in [6.45, 7) is 6.25. The van der Waals surface area contributed by atoms with Gasteiger partial charge in [-0.1, -0.05) is 41.1 Å². The van der Waals surface area contributed by atoms with Crippen LogP contribution in [0.1, 0.15) is 43.9 Å². The van der Waals surface area contributed by atoms with Crippen molar-refractivity contribution in [3.8, 4) is 17.6 Å². The number of nitrogens with zero attached hydrogens (tertiary/aromatic N) is 5. The van der Waals surface area contributed by atoms with Crippen LogP contribution in [0.25, 0.3) is 0 Å². The van der Waals surface area contributed by atoms with E-state index in [1.165, 1.54) is 16.9 Å². The first-order valence-corrected chi connectivity index (χ1v) is 13.2. The fourth-order valence-corrected chi connectivity index (χ4v) is 4.54. The quantitative estimate of drug-likeness (QED) is 0.222. The molecule has 0 saturated carbocycles. The van der Waals surface area contributed by atoms with Crippen LogP contribution in [-0.2, 0) is 13.1 Å². The number of carbonyl (C=O) groups is 1. The smallest absolute Gasteiger partial charge is 0.256 e. The molecular weight excluding hydrogens is 533 g/mol. The molecule has 2 aromatic heterocycles. The molecule has 5 rings (SSSR count). The molecular formula is C32H28FN7O2. The standard InChI is InChI=1S/C32H28FN7O2/c1-20-12-21(2)31(22(3)13-20)42-29-14-30(37-25-10-8-23(15-34)9-11-25)35-17-27(29)32(41)36-16-26-19-40(39-38-26)18-24-6-4-5-7-28(24)33/h4-14,17,19H,16,18H2,1-3H3,(H,35,37)(H,36,41). The van der Waals surface area contributed by atoms with Gasteiger partial charge in [-0.05, 0) is 62.2 Å². The number of rotatable bonds is 9. The molecule has 0 aliphatic rings. The number of hydrogen-bond acceptors (Lipinski definition) is 7. The summed E-state index contributed by atoms with van der Waals surface area (Å²) >= 11 is 0. The molecule has 0 saturated heterocycles. The SMILES string of the molecule is Cc1cc(C)c(Oc2cc(Nc3ccc(C#N)cc3)ncc2C(=O)NCc2cn(Cc3ccccc3F)nn2)c(C)c1. The fraction of sp³-hybridized carbons (Fsp3) is 0.156. The minimum Gasteiger partial charge on any atom is -0.456 e. The van der Waals surface area contributed by atoms with Crippen molar-refractivity contribution >= 4 is 17.4 Å². The largest absolute Gasteiger partial charge is 0.456 e. The normalized spacial score (nSPS) is 10.6. The van der Waals surface area contributed by atoms with E-state index >= 15 is 0 Å². The number of aryl methyl sites for hydroxylation is 3. The molecule has 3 aromatic carbocycles. The summed E-state index contributed by atoms with van der Waals surface area (Å²) < 4.78 is 21.9. The Morgan fingerprint density at radius 3 is 2.50 bits per heavy atom. The molecule has 0 aliphatic carbocycles. The van der Waals surface area contributed by atoms with Gasteiger partial charge in [-0.3, -0.25) is 4.79 Å². The molecule has 0 aliphatic heterocycles. The number of carbonyl (C=O) groups excluding carboxylic acids is 1. The van der Waals surface area contributed by atoms with Crippen LogP contribution in [0.5, 0.6) is 11.5 Å². The van der Waals surface area contributed by atoms with E-state index < -0.39 is 5.91 Å². The summed E-state index contributed by atoms with van der Waals surface area (Å²) in [6, 6.07) is 21.2. The maximum absolute atomic E-state index is 14.0. The Bertz CT molecular complexity index is 1770. The van der Waals surface area contributed by atoms with Gasteiger partial charge in [0.15, 0.2) is 0 Å². The highest BCUT2D eigenvalue weighted by molar-refractivity contribution is 5.97. The third-order valence-corrected chi connectivity index (χ3v) is 6.52. The molecule has 0 radical (unpaired) electrons. The number of hydrogen-bond donors (Lipinski definition) is 2. The Hall–Kier alpha value is -5.56. The van der Waals surface area contributed by atoms with Gasteiger partial charge in [0.1, 0.15) is 34.4 Å². The second-order valence-electron chi connectivity index (χ2n) is 9.89. The molecule has 0 atom stereocenters. The highest BCUT2D eigenvalue weighted by Gasteiger charge is 2.18. The van der Waals surface area contributed by atoms with Gasteiger partial charge in [0.2, 0.25) is 0 Å². The van der Waals surface area contributed by atoms with Crippen molar-refractivity contribution in [2.45, 2.75) is 33.9 Å². The van der Waals surface area contributed by atoms with Crippen molar-refractivity contribution in [3.63, 3.8) is 0 Å². The fourth-order valence-electron chi connectivity index (χ4n) is 4.54. The van der Waals surface area contributed by atoms with E-state index in [0.717, 1.165) is 22.4 Å². The van der Waals surface area contributed by atoms with Gasteiger partial charge in [-0.15, -0.1) is 5.10 Å². The first-order chi connectivity index (χ1) is 20.3. The zero-order valence-corrected chi connectivity index (χ0v) is 23.4. The summed E-state index contributed by atoms with van der Waals surface area (Å²) in [5.74, 6) is 0.704. The lowest BCUT2D eigenvalue weighted by molar-refractivity contribution is 0.0947. The van der Waals surface area contributed by atoms with E-state index in [9.17, 15) is 9.18 Å². The Morgan fingerprint density at radius 1 is 1.05 bits per heavy atom. The van der Waals surface area contributed by atoms with Crippen molar-refractivity contribution < 1.29 is 13.9 Å². The van der Waals surface area contributed by atoms with Crippen molar-refractivity contribution in [2.24, 2.45) is 0 Å². The zero-order chi connectivity index (χ0) is 29.6. The Kier molecular flexibility index (Phi) is 8.20. The van der Waals surface area contributed by atoms with Crippen LogP contribution in [-0.4, -0.2) is 25.9 Å². The first-order valence-electron chi connectivity index (χ1n) is 13.2. The summed E-state index contributed by atoms with van der Waals surface area (Å²) in [6.07, 6.45) is 3.11. The van der Waals surface area contributed by atoms with E-state index in [4.69, 9.17) is 10.00 Å². The molecule has 0 unspecified atom stereocenters. The summed E-state index contributed by atoms with van der Waals surface area (Å²) in [7, 11) is 0.